The van der Waals surface area contributed by atoms with E-state index < -0.39 is 18.0 Å². The molecular weight excluding hydrogens is 517 g/mol. The summed E-state index contributed by atoms with van der Waals surface area (Å²) in [6.45, 7) is 0. The molecule has 0 saturated heterocycles. The molecule has 7 nitrogen and oxygen atoms in total. The monoisotopic (exact) mass is 532 g/mol. The lowest BCUT2D eigenvalue weighted by molar-refractivity contribution is -0.274. The van der Waals surface area contributed by atoms with Crippen LogP contribution in [0, 0.1) is 0 Å². The Morgan fingerprint density at radius 2 is 1.74 bits per heavy atom. The van der Waals surface area contributed by atoms with Crippen molar-refractivity contribution in [3.05, 3.63) is 83.0 Å². The van der Waals surface area contributed by atoms with Crippen LogP contribution in [0.2, 0.25) is 0 Å². The van der Waals surface area contributed by atoms with Crippen molar-refractivity contribution >= 4 is 27.5 Å². The number of hydrogen-bond donors (Lipinski definition) is 1. The lowest BCUT2D eigenvalue weighted by Gasteiger charge is -2.09. The Bertz CT molecular complexity index is 1310. The molecule has 1 N–H and O–H groups in total. The van der Waals surface area contributed by atoms with Crippen molar-refractivity contribution in [3.8, 4) is 28.4 Å². The number of hydrogen-bond acceptors (Lipinski definition) is 5. The summed E-state index contributed by atoms with van der Waals surface area (Å²) in [5.74, 6) is -0.168. The molecule has 0 radical (unpaired) electrons. The number of aromatic nitrogens is 3. The summed E-state index contributed by atoms with van der Waals surface area (Å²) in [5, 5.41) is 11.0. The van der Waals surface area contributed by atoms with Gasteiger partial charge in [-0.1, -0.05) is 17.3 Å². The third-order valence-corrected chi connectivity index (χ3v) is 5.30. The number of methoxy groups -OCH3 is 1. The van der Waals surface area contributed by atoms with Crippen molar-refractivity contribution < 1.29 is 27.4 Å². The van der Waals surface area contributed by atoms with Gasteiger partial charge in [-0.15, -0.1) is 18.3 Å². The smallest absolute Gasteiger partial charge is 0.496 e. The summed E-state index contributed by atoms with van der Waals surface area (Å²) in [4.78, 5) is 12.4. The molecule has 11 heteroatoms. The second kappa shape index (κ2) is 9.56. The standard InChI is InChI=1S/C23H16BrF3N4O3/c1-33-21-11-8-17(12-19(21)24)31-13-20(29-30-31)14-2-6-16(7-3-14)28-22(32)15-4-9-18(10-5-15)34-23(25,26)27/h2-13H,1H3,(H,28,32). The zero-order chi connectivity index (χ0) is 24.3. The van der Waals surface area contributed by atoms with Gasteiger partial charge in [0.05, 0.1) is 23.5 Å². The number of ether oxygens (including phenoxy) is 2. The minimum Gasteiger partial charge on any atom is -0.496 e. The van der Waals surface area contributed by atoms with Crippen LogP contribution >= 0.6 is 15.9 Å². The van der Waals surface area contributed by atoms with E-state index in [2.05, 4.69) is 36.3 Å². The third-order valence-electron chi connectivity index (χ3n) is 4.68. The predicted molar refractivity (Wildman–Crippen MR) is 122 cm³/mol. The predicted octanol–water partition coefficient (Wildman–Crippen LogP) is 5.86. The van der Waals surface area contributed by atoms with Crippen LogP contribution in [-0.4, -0.2) is 34.4 Å². The highest BCUT2D eigenvalue weighted by atomic mass is 79.9. The molecule has 0 bridgehead atoms. The van der Waals surface area contributed by atoms with E-state index in [1.54, 1.807) is 42.3 Å². The molecule has 0 spiro atoms. The largest absolute Gasteiger partial charge is 0.573 e. The molecule has 0 saturated carbocycles. The number of halogens is 4. The van der Waals surface area contributed by atoms with Crippen LogP contribution in [0.4, 0.5) is 18.9 Å². The molecule has 34 heavy (non-hydrogen) atoms. The Kier molecular flexibility index (Phi) is 6.55. The molecule has 0 fully saturated rings. The summed E-state index contributed by atoms with van der Waals surface area (Å²) in [5.41, 5.74) is 2.90. The number of amides is 1. The number of nitrogens with zero attached hydrogens (tertiary/aromatic N) is 3. The van der Waals surface area contributed by atoms with Gasteiger partial charge < -0.3 is 14.8 Å². The minimum atomic E-state index is -4.79. The van der Waals surface area contributed by atoms with Gasteiger partial charge in [0.2, 0.25) is 0 Å². The number of anilines is 1. The molecule has 1 heterocycles. The van der Waals surface area contributed by atoms with Gasteiger partial charge in [0.25, 0.3) is 5.91 Å². The van der Waals surface area contributed by atoms with E-state index in [1.165, 1.54) is 12.1 Å². The fourth-order valence-corrected chi connectivity index (χ4v) is 3.58. The maximum Gasteiger partial charge on any atom is 0.573 e. The SMILES string of the molecule is COc1ccc(-n2cc(-c3ccc(NC(=O)c4ccc(OC(F)(F)F)cc4)cc3)nn2)cc1Br. The highest BCUT2D eigenvalue weighted by Gasteiger charge is 2.31. The molecule has 1 amide bonds. The number of benzene rings is 3. The molecule has 0 atom stereocenters. The van der Waals surface area contributed by atoms with Crippen molar-refractivity contribution in [2.75, 3.05) is 12.4 Å². The van der Waals surface area contributed by atoms with Gasteiger partial charge in [-0.3, -0.25) is 4.79 Å². The second-order valence-corrected chi connectivity index (χ2v) is 7.83. The number of carbonyl (C=O) groups excluding carboxylic acids is 1. The van der Waals surface area contributed by atoms with E-state index in [0.29, 0.717) is 17.1 Å². The molecule has 4 aromatic rings. The lowest BCUT2D eigenvalue weighted by Crippen LogP contribution is -2.17. The van der Waals surface area contributed by atoms with E-state index in [9.17, 15) is 18.0 Å². The van der Waals surface area contributed by atoms with Gasteiger partial charge >= 0.3 is 6.36 Å². The summed E-state index contributed by atoms with van der Waals surface area (Å²) in [6.07, 6.45) is -3.02. The Labute approximate surface area is 200 Å². The van der Waals surface area contributed by atoms with Crippen LogP contribution in [0.5, 0.6) is 11.5 Å². The third kappa shape index (κ3) is 5.54. The number of carbonyl (C=O) groups is 1. The first kappa shape index (κ1) is 23.3. The molecule has 0 aliphatic heterocycles. The van der Waals surface area contributed by atoms with Crippen molar-refractivity contribution in [1.82, 2.24) is 15.0 Å². The first-order valence-corrected chi connectivity index (χ1v) is 10.5. The average molecular weight is 533 g/mol. The molecule has 0 aliphatic rings. The number of nitrogens with one attached hydrogen (secondary N) is 1. The van der Waals surface area contributed by atoms with Gasteiger partial charge in [0.1, 0.15) is 17.2 Å². The maximum atomic E-state index is 12.4. The summed E-state index contributed by atoms with van der Waals surface area (Å²) in [6, 6.07) is 17.1. The maximum absolute atomic E-state index is 12.4. The molecule has 0 aliphatic carbocycles. The molecule has 4 rings (SSSR count). The van der Waals surface area contributed by atoms with E-state index in [-0.39, 0.29) is 5.56 Å². The van der Waals surface area contributed by atoms with Crippen LogP contribution < -0.4 is 14.8 Å². The average Bonchev–Trinajstić information content (AvgIpc) is 3.29. The number of alkyl halides is 3. The van der Waals surface area contributed by atoms with Gasteiger partial charge in [0.15, 0.2) is 0 Å². The Morgan fingerprint density at radius 3 is 2.35 bits per heavy atom. The summed E-state index contributed by atoms with van der Waals surface area (Å²) >= 11 is 3.44. The quantitative estimate of drug-likeness (QED) is 0.336. The van der Waals surface area contributed by atoms with Gasteiger partial charge in [-0.2, -0.15) is 0 Å². The zero-order valence-corrected chi connectivity index (χ0v) is 19.1. The minimum absolute atomic E-state index is 0.187. The first-order valence-electron chi connectivity index (χ1n) is 9.76. The molecule has 0 unspecified atom stereocenters. The Hall–Kier alpha value is -3.86. The Balaban J connectivity index is 1.42. The van der Waals surface area contributed by atoms with Gasteiger partial charge in [-0.25, -0.2) is 4.68 Å². The van der Waals surface area contributed by atoms with Crippen LogP contribution in [0.1, 0.15) is 10.4 Å². The fraction of sp³-hybridized carbons (Fsp3) is 0.0870. The zero-order valence-electron chi connectivity index (χ0n) is 17.5. The van der Waals surface area contributed by atoms with E-state index in [4.69, 9.17) is 4.74 Å². The van der Waals surface area contributed by atoms with Crippen LogP contribution in [0.25, 0.3) is 16.9 Å². The van der Waals surface area contributed by atoms with E-state index in [1.807, 2.05) is 18.2 Å². The van der Waals surface area contributed by atoms with Crippen molar-refractivity contribution in [3.63, 3.8) is 0 Å². The first-order chi connectivity index (χ1) is 16.2. The van der Waals surface area contributed by atoms with Crippen molar-refractivity contribution in [2.24, 2.45) is 0 Å². The molecule has 3 aromatic carbocycles. The van der Waals surface area contributed by atoms with E-state index >= 15 is 0 Å². The van der Waals surface area contributed by atoms with Crippen molar-refractivity contribution in [1.29, 1.82) is 0 Å². The van der Waals surface area contributed by atoms with Crippen LogP contribution in [-0.2, 0) is 0 Å². The number of rotatable bonds is 6. The fourth-order valence-electron chi connectivity index (χ4n) is 3.06. The molecule has 1 aromatic heterocycles. The second-order valence-electron chi connectivity index (χ2n) is 6.97. The van der Waals surface area contributed by atoms with Crippen LogP contribution in [0.3, 0.4) is 0 Å². The Morgan fingerprint density at radius 1 is 1.03 bits per heavy atom. The highest BCUT2D eigenvalue weighted by molar-refractivity contribution is 9.10. The summed E-state index contributed by atoms with van der Waals surface area (Å²) < 4.78 is 48.2. The topological polar surface area (TPSA) is 78.3 Å². The van der Waals surface area contributed by atoms with Gasteiger partial charge in [-0.05, 0) is 70.5 Å². The van der Waals surface area contributed by atoms with Gasteiger partial charge in [0, 0.05) is 16.8 Å². The van der Waals surface area contributed by atoms with Crippen molar-refractivity contribution in [2.45, 2.75) is 6.36 Å². The normalized spacial score (nSPS) is 11.2. The van der Waals surface area contributed by atoms with E-state index in [0.717, 1.165) is 27.9 Å². The molecule has 174 valence electrons. The highest BCUT2D eigenvalue weighted by Crippen LogP contribution is 2.28. The molecular formula is C23H16BrF3N4O3. The van der Waals surface area contributed by atoms with Crippen LogP contribution in [0.15, 0.2) is 77.4 Å². The summed E-state index contributed by atoms with van der Waals surface area (Å²) in [7, 11) is 1.59. The lowest BCUT2D eigenvalue weighted by atomic mass is 10.1.